The van der Waals surface area contributed by atoms with Gasteiger partial charge in [0.15, 0.2) is 5.69 Å². The molecule has 0 saturated heterocycles. The van der Waals surface area contributed by atoms with E-state index in [1.807, 2.05) is 84.9 Å². The van der Waals surface area contributed by atoms with Gasteiger partial charge in [-0.25, -0.2) is 4.85 Å². The summed E-state index contributed by atoms with van der Waals surface area (Å²) >= 11 is 0. The van der Waals surface area contributed by atoms with Crippen LogP contribution in [0.2, 0.25) is 0 Å². The fourth-order valence-electron chi connectivity index (χ4n) is 7.45. The Morgan fingerprint density at radius 2 is 1.16 bits per heavy atom. The number of para-hydroxylation sites is 2. The summed E-state index contributed by atoms with van der Waals surface area (Å²) < 4.78 is 4.43. The second-order valence-corrected chi connectivity index (χ2v) is 12.3. The highest BCUT2D eigenvalue weighted by Crippen LogP contribution is 2.42. The van der Waals surface area contributed by atoms with Gasteiger partial charge in [-0.2, -0.15) is 10.5 Å². The maximum Gasteiger partial charge on any atom is 0.189 e. The predicted molar refractivity (Wildman–Crippen MR) is 202 cm³/mol. The molecule has 230 valence electrons. The van der Waals surface area contributed by atoms with E-state index in [0.29, 0.717) is 16.8 Å². The standard InChI is InChI=1S/C45H25N5/c1-48-32-20-23-37-35-11-4-6-14-40(35)49(44(37)26-32)33-21-18-30(19-22-33)34-10-2-3-13-38(34)45-31(28-47)9-8-16-43(45)50-41-15-7-5-12-36(41)39-25-29(27-46)17-24-42(39)50/h2-26H. The Balaban J connectivity index is 1.24. The van der Waals surface area contributed by atoms with Gasteiger partial charge in [0, 0.05) is 38.3 Å². The summed E-state index contributed by atoms with van der Waals surface area (Å²) in [6.45, 7) is 7.61. The molecule has 0 spiro atoms. The second-order valence-electron chi connectivity index (χ2n) is 12.3. The van der Waals surface area contributed by atoms with Crippen LogP contribution in [0.15, 0.2) is 152 Å². The van der Waals surface area contributed by atoms with Crippen LogP contribution < -0.4 is 0 Å². The molecule has 0 aliphatic heterocycles. The van der Waals surface area contributed by atoms with Crippen molar-refractivity contribution in [2.45, 2.75) is 0 Å². The molecule has 7 aromatic carbocycles. The Morgan fingerprint density at radius 3 is 1.90 bits per heavy atom. The third-order valence-electron chi connectivity index (χ3n) is 9.62. The number of nitriles is 2. The lowest BCUT2D eigenvalue weighted by Gasteiger charge is -2.18. The van der Waals surface area contributed by atoms with E-state index in [1.165, 1.54) is 0 Å². The summed E-state index contributed by atoms with van der Waals surface area (Å²) in [5, 5.41) is 24.5. The molecule has 0 atom stereocenters. The van der Waals surface area contributed by atoms with E-state index in [4.69, 9.17) is 6.57 Å². The minimum absolute atomic E-state index is 0.576. The van der Waals surface area contributed by atoms with Crippen LogP contribution in [0.25, 0.3) is 82.1 Å². The molecule has 0 N–H and O–H groups in total. The molecule has 2 heterocycles. The Morgan fingerprint density at radius 1 is 0.500 bits per heavy atom. The first-order valence-electron chi connectivity index (χ1n) is 16.3. The number of hydrogen-bond acceptors (Lipinski definition) is 2. The van der Waals surface area contributed by atoms with Crippen molar-refractivity contribution in [3.8, 4) is 45.8 Å². The van der Waals surface area contributed by atoms with Crippen molar-refractivity contribution in [3.63, 3.8) is 0 Å². The van der Waals surface area contributed by atoms with E-state index < -0.39 is 0 Å². The van der Waals surface area contributed by atoms with Crippen molar-refractivity contribution in [1.29, 1.82) is 10.5 Å². The van der Waals surface area contributed by atoms with Crippen molar-refractivity contribution in [1.82, 2.24) is 9.13 Å². The third kappa shape index (κ3) is 4.31. The molecular formula is C45H25N5. The van der Waals surface area contributed by atoms with Crippen LogP contribution >= 0.6 is 0 Å². The molecule has 50 heavy (non-hydrogen) atoms. The van der Waals surface area contributed by atoms with Crippen LogP contribution in [0.3, 0.4) is 0 Å². The van der Waals surface area contributed by atoms with E-state index in [1.54, 1.807) is 0 Å². The zero-order valence-corrected chi connectivity index (χ0v) is 26.7. The van der Waals surface area contributed by atoms with Gasteiger partial charge in [-0.15, -0.1) is 0 Å². The van der Waals surface area contributed by atoms with Gasteiger partial charge in [0.25, 0.3) is 0 Å². The van der Waals surface area contributed by atoms with Gasteiger partial charge in [-0.05, 0) is 77.4 Å². The molecule has 9 aromatic rings. The topological polar surface area (TPSA) is 61.8 Å². The Labute approximate surface area is 288 Å². The van der Waals surface area contributed by atoms with Crippen molar-refractivity contribution in [2.24, 2.45) is 0 Å². The third-order valence-corrected chi connectivity index (χ3v) is 9.62. The van der Waals surface area contributed by atoms with Gasteiger partial charge < -0.3 is 9.13 Å². The molecule has 0 aliphatic rings. The quantitative estimate of drug-likeness (QED) is 0.181. The first kappa shape index (κ1) is 28.8. The summed E-state index contributed by atoms with van der Waals surface area (Å²) in [5.41, 5.74) is 11.5. The number of benzene rings is 7. The number of nitrogens with zero attached hydrogens (tertiary/aromatic N) is 5. The molecule has 0 saturated carbocycles. The van der Waals surface area contributed by atoms with Crippen LogP contribution in [0.4, 0.5) is 5.69 Å². The van der Waals surface area contributed by atoms with Crippen molar-refractivity contribution in [3.05, 3.63) is 174 Å². The van der Waals surface area contributed by atoms with Crippen molar-refractivity contribution < 1.29 is 0 Å². The number of fused-ring (bicyclic) bond motifs is 6. The zero-order chi connectivity index (χ0) is 33.8. The molecule has 2 aromatic heterocycles. The molecule has 0 unspecified atom stereocenters. The van der Waals surface area contributed by atoms with Crippen LogP contribution in [0, 0.1) is 29.2 Å². The van der Waals surface area contributed by atoms with Gasteiger partial charge in [0.05, 0.1) is 52.1 Å². The van der Waals surface area contributed by atoms with Gasteiger partial charge in [0.2, 0.25) is 0 Å². The van der Waals surface area contributed by atoms with Gasteiger partial charge in [0.1, 0.15) is 0 Å². The van der Waals surface area contributed by atoms with Crippen LogP contribution in [0.5, 0.6) is 0 Å². The summed E-state index contributed by atoms with van der Waals surface area (Å²) in [7, 11) is 0. The van der Waals surface area contributed by atoms with Crippen molar-refractivity contribution >= 4 is 49.3 Å². The molecule has 0 fully saturated rings. The maximum atomic E-state index is 10.5. The fraction of sp³-hybridized carbons (Fsp3) is 0. The smallest absolute Gasteiger partial charge is 0.189 e. The number of hydrogen-bond donors (Lipinski definition) is 0. The molecule has 5 heteroatoms. The average Bonchev–Trinajstić information content (AvgIpc) is 3.69. The first-order valence-corrected chi connectivity index (χ1v) is 16.3. The van der Waals surface area contributed by atoms with E-state index in [9.17, 15) is 10.5 Å². The monoisotopic (exact) mass is 635 g/mol. The molecule has 9 rings (SSSR count). The molecule has 5 nitrogen and oxygen atoms in total. The first-order chi connectivity index (χ1) is 24.7. The lowest BCUT2D eigenvalue weighted by atomic mass is 9.90. The highest BCUT2D eigenvalue weighted by Gasteiger charge is 2.21. The SMILES string of the molecule is [C-]#[N+]c1ccc2c3ccccc3n(-c3ccc(-c4ccccc4-c4c(C#N)cccc4-n4c5ccccc5c5cc(C#N)ccc54)cc3)c2c1. The normalized spacial score (nSPS) is 11.1. The lowest BCUT2D eigenvalue weighted by molar-refractivity contribution is 1.18. The Hall–Kier alpha value is -7.39. The van der Waals surface area contributed by atoms with E-state index in [0.717, 1.165) is 77.2 Å². The molecule has 0 bridgehead atoms. The molecule has 0 amide bonds. The van der Waals surface area contributed by atoms with Gasteiger partial charge >= 0.3 is 0 Å². The minimum Gasteiger partial charge on any atom is -0.311 e. The maximum absolute atomic E-state index is 10.5. The second kappa shape index (κ2) is 11.4. The van der Waals surface area contributed by atoms with E-state index in [-0.39, 0.29) is 0 Å². The van der Waals surface area contributed by atoms with Gasteiger partial charge in [-0.1, -0.05) is 91.0 Å². The number of aromatic nitrogens is 2. The minimum atomic E-state index is 0.576. The molecular weight excluding hydrogens is 611 g/mol. The number of rotatable bonds is 4. The zero-order valence-electron chi connectivity index (χ0n) is 26.7. The summed E-state index contributed by atoms with van der Waals surface area (Å²) in [6, 6.07) is 55.6. The summed E-state index contributed by atoms with van der Waals surface area (Å²) in [6.07, 6.45) is 0. The van der Waals surface area contributed by atoms with Crippen LogP contribution in [0.1, 0.15) is 11.1 Å². The summed E-state index contributed by atoms with van der Waals surface area (Å²) in [5.74, 6) is 0. The van der Waals surface area contributed by atoms with E-state index >= 15 is 0 Å². The Bertz CT molecular complexity index is 2960. The largest absolute Gasteiger partial charge is 0.311 e. The fourth-order valence-corrected chi connectivity index (χ4v) is 7.45. The van der Waals surface area contributed by atoms with E-state index in [2.05, 4.69) is 92.8 Å². The highest BCUT2D eigenvalue weighted by atomic mass is 15.0. The van der Waals surface area contributed by atoms with Crippen molar-refractivity contribution in [2.75, 3.05) is 0 Å². The van der Waals surface area contributed by atoms with Crippen LogP contribution in [-0.2, 0) is 0 Å². The summed E-state index contributed by atoms with van der Waals surface area (Å²) in [4.78, 5) is 3.70. The van der Waals surface area contributed by atoms with Crippen LogP contribution in [-0.4, -0.2) is 9.13 Å². The molecule has 0 aliphatic carbocycles. The highest BCUT2D eigenvalue weighted by molar-refractivity contribution is 6.11. The lowest BCUT2D eigenvalue weighted by Crippen LogP contribution is -2.00. The predicted octanol–water partition coefficient (Wildman–Crippen LogP) is 11.5. The van der Waals surface area contributed by atoms with Gasteiger partial charge in [-0.3, -0.25) is 0 Å². The Kier molecular flexibility index (Phi) is 6.56. The molecule has 0 radical (unpaired) electrons. The average molecular weight is 636 g/mol.